The van der Waals surface area contributed by atoms with Crippen molar-refractivity contribution in [3.8, 4) is 5.69 Å². The molecule has 2 aromatic carbocycles. The number of halogens is 3. The van der Waals surface area contributed by atoms with E-state index in [0.29, 0.717) is 79.8 Å². The van der Waals surface area contributed by atoms with Crippen LogP contribution in [-0.4, -0.2) is 126 Å². The van der Waals surface area contributed by atoms with E-state index in [2.05, 4.69) is 43.3 Å². The molecule has 0 bridgehead atoms. The number of piperazine rings is 1. The first kappa shape index (κ1) is 48.4. The van der Waals surface area contributed by atoms with Gasteiger partial charge >= 0.3 is 5.69 Å². The number of benzene rings is 2. The monoisotopic (exact) mass is 999 g/mol. The van der Waals surface area contributed by atoms with Crippen molar-refractivity contribution in [2.45, 2.75) is 83.1 Å². The molecule has 382 valence electrons. The van der Waals surface area contributed by atoms with Crippen LogP contribution in [0.1, 0.15) is 91.1 Å². The number of anilines is 1. The quantitative estimate of drug-likeness (QED) is 0.141. The number of carbonyl (C=O) groups excluding carboxylic acids is 3. The summed E-state index contributed by atoms with van der Waals surface area (Å²) in [7, 11) is 3.43. The predicted molar refractivity (Wildman–Crippen MR) is 271 cm³/mol. The molecule has 0 spiro atoms. The van der Waals surface area contributed by atoms with E-state index in [4.69, 9.17) is 0 Å². The maximum absolute atomic E-state index is 15.9. The van der Waals surface area contributed by atoms with Gasteiger partial charge in [0.25, 0.3) is 11.5 Å². The zero-order valence-electron chi connectivity index (χ0n) is 41.4. The van der Waals surface area contributed by atoms with Crippen molar-refractivity contribution in [1.29, 1.82) is 0 Å². The average molecular weight is 1000 g/mol. The van der Waals surface area contributed by atoms with Crippen LogP contribution < -0.4 is 21.9 Å². The number of aromatic nitrogens is 5. The minimum absolute atomic E-state index is 0.00793. The van der Waals surface area contributed by atoms with Gasteiger partial charge < -0.3 is 14.8 Å². The minimum Gasteiger partial charge on any atom is -0.386 e. The lowest BCUT2D eigenvalue weighted by molar-refractivity contribution is -0.135. The van der Waals surface area contributed by atoms with Crippen LogP contribution in [0, 0.1) is 23.4 Å². The number of nitrogens with zero attached hydrogens (tertiary/aromatic N) is 9. The summed E-state index contributed by atoms with van der Waals surface area (Å²) in [6.45, 7) is 9.02. The Hall–Kier alpha value is -6.83. The van der Waals surface area contributed by atoms with Crippen molar-refractivity contribution >= 4 is 51.0 Å². The van der Waals surface area contributed by atoms with Gasteiger partial charge in [0, 0.05) is 133 Å². The lowest BCUT2D eigenvalue weighted by Crippen LogP contribution is -2.53. The van der Waals surface area contributed by atoms with E-state index in [1.807, 2.05) is 40.5 Å². The van der Waals surface area contributed by atoms with Crippen LogP contribution in [0.5, 0.6) is 0 Å². The summed E-state index contributed by atoms with van der Waals surface area (Å²) in [6, 6.07) is 13.0. The third kappa shape index (κ3) is 9.31. The molecular formula is C54H60F3N11O5. The maximum atomic E-state index is 15.9. The largest absolute Gasteiger partial charge is 0.386 e. The van der Waals surface area contributed by atoms with Gasteiger partial charge in [-0.25, -0.2) is 22.9 Å². The van der Waals surface area contributed by atoms with Gasteiger partial charge in [0.2, 0.25) is 11.8 Å². The molecule has 0 radical (unpaired) electrons. The Morgan fingerprint density at radius 3 is 2.30 bits per heavy atom. The third-order valence-corrected chi connectivity index (χ3v) is 15.9. The molecule has 8 heterocycles. The topological polar surface area (TPSA) is 155 Å². The minimum atomic E-state index is -0.754. The van der Waals surface area contributed by atoms with Crippen molar-refractivity contribution in [2.75, 3.05) is 64.7 Å². The second kappa shape index (κ2) is 19.5. The fourth-order valence-corrected chi connectivity index (χ4v) is 11.7. The van der Waals surface area contributed by atoms with Gasteiger partial charge in [-0.1, -0.05) is 12.1 Å². The Kier molecular flexibility index (Phi) is 13.0. The van der Waals surface area contributed by atoms with Crippen LogP contribution in [0.2, 0.25) is 0 Å². The number of hydrogen-bond acceptors (Lipinski definition) is 10. The van der Waals surface area contributed by atoms with Crippen molar-refractivity contribution < 1.29 is 27.6 Å². The van der Waals surface area contributed by atoms with Gasteiger partial charge in [-0.05, 0) is 98.9 Å². The summed E-state index contributed by atoms with van der Waals surface area (Å²) in [5, 5.41) is 5.78. The molecular weight excluding hydrogens is 940 g/mol. The van der Waals surface area contributed by atoms with Crippen molar-refractivity contribution in [3.05, 3.63) is 128 Å². The summed E-state index contributed by atoms with van der Waals surface area (Å²) in [4.78, 5) is 78.4. The van der Waals surface area contributed by atoms with Gasteiger partial charge in [0.15, 0.2) is 5.82 Å². The van der Waals surface area contributed by atoms with Gasteiger partial charge in [0.1, 0.15) is 23.3 Å². The first-order chi connectivity index (χ1) is 35.2. The van der Waals surface area contributed by atoms with E-state index in [0.717, 1.165) is 80.7 Å². The predicted octanol–water partition coefficient (Wildman–Crippen LogP) is 5.96. The number of amides is 3. The molecule has 2 atom stereocenters. The number of fused-ring (bicyclic) bond motifs is 2. The summed E-state index contributed by atoms with van der Waals surface area (Å²) in [5.41, 5.74) is 4.68. The molecule has 19 heteroatoms. The zero-order chi connectivity index (χ0) is 50.8. The molecule has 6 aromatic rings. The second-order valence-electron chi connectivity index (χ2n) is 20.6. The highest BCUT2D eigenvalue weighted by atomic mass is 19.1. The standard InChI is InChI=1S/C54H60F3N11O5/c1-32-27-63(28-34-4-7-45-47(22-34)67(37-5-6-37)54(73)68(45)46-8-9-48(69)60-52(46)71)20-21-65(32)29-33-11-18-64(19-12-33)53(72)36-23-40(55)50(41(56)24-36)35-13-16-62(17-14-35)30-38-25-39-44(10-15-59-51(39)61(38)3)66-31-42(57)43(58-2)26-49(66)70/h4,7,10,13,15,22-26,31-33,37,46,58H,5-6,8-9,11-12,14,16-21,27-30H2,1-3H3,(H,60,69,71)/t32-,46+/m0/s1. The van der Waals surface area contributed by atoms with E-state index in [-0.39, 0.29) is 52.3 Å². The highest BCUT2D eigenvalue weighted by Crippen LogP contribution is 2.38. The van der Waals surface area contributed by atoms with Crippen molar-refractivity contribution in [3.63, 3.8) is 0 Å². The highest BCUT2D eigenvalue weighted by molar-refractivity contribution is 6.00. The Morgan fingerprint density at radius 2 is 1.60 bits per heavy atom. The number of imide groups is 1. The fraction of sp³-hybridized carbons (Fsp3) is 0.444. The molecule has 0 unspecified atom stereocenters. The van der Waals surface area contributed by atoms with Crippen LogP contribution in [0.4, 0.5) is 18.9 Å². The molecule has 16 nitrogen and oxygen atoms in total. The Balaban J connectivity index is 0.674. The number of pyridine rings is 2. The van der Waals surface area contributed by atoms with Crippen LogP contribution in [0.25, 0.3) is 33.3 Å². The smallest absolute Gasteiger partial charge is 0.330 e. The van der Waals surface area contributed by atoms with E-state index >= 15 is 8.78 Å². The number of nitrogens with one attached hydrogen (secondary N) is 2. The zero-order valence-corrected chi connectivity index (χ0v) is 41.4. The number of piperidine rings is 2. The molecule has 5 aliphatic rings. The SMILES string of the molecule is CNc1cc(=O)n(-c2ccnc3c2cc(CN2CC=C(c4c(F)cc(C(=O)N5CCC(CN6CCN(Cc7ccc8c(c7)n(C7CC7)c(=O)n8[C@@H]7CCC(=O)NC7=O)C[C@@H]6C)CC5)cc4F)CC2)n3C)cc1F. The molecule has 1 saturated carbocycles. The molecule has 11 rings (SSSR count). The van der Waals surface area contributed by atoms with Gasteiger partial charge in [-0.2, -0.15) is 0 Å². The number of hydrogen-bond donors (Lipinski definition) is 2. The number of rotatable bonds is 12. The number of aryl methyl sites for hydroxylation is 1. The number of imidazole rings is 1. The molecule has 4 aliphatic heterocycles. The first-order valence-corrected chi connectivity index (χ1v) is 25.5. The van der Waals surface area contributed by atoms with Crippen LogP contribution >= 0.6 is 0 Å². The maximum Gasteiger partial charge on any atom is 0.330 e. The molecule has 4 fully saturated rings. The van der Waals surface area contributed by atoms with Crippen LogP contribution in [0.15, 0.2) is 76.6 Å². The molecule has 3 amide bonds. The Labute approximate surface area is 419 Å². The van der Waals surface area contributed by atoms with Gasteiger partial charge in [0.05, 0.1) is 28.6 Å². The normalized spacial score (nSPS) is 20.8. The van der Waals surface area contributed by atoms with E-state index in [1.54, 1.807) is 28.8 Å². The lowest BCUT2D eigenvalue weighted by atomic mass is 9.94. The number of likely N-dealkylation sites (tertiary alicyclic amines) is 1. The third-order valence-electron chi connectivity index (χ3n) is 15.9. The average Bonchev–Trinajstić information content (AvgIpc) is 4.11. The summed E-state index contributed by atoms with van der Waals surface area (Å²) >= 11 is 0. The van der Waals surface area contributed by atoms with Crippen LogP contribution in [0.3, 0.4) is 0 Å². The van der Waals surface area contributed by atoms with E-state index < -0.39 is 29.4 Å². The fourth-order valence-electron chi connectivity index (χ4n) is 11.7. The molecule has 73 heavy (non-hydrogen) atoms. The lowest BCUT2D eigenvalue weighted by Gasteiger charge is -2.42. The first-order valence-electron chi connectivity index (χ1n) is 25.5. The van der Waals surface area contributed by atoms with Gasteiger partial charge in [-0.15, -0.1) is 0 Å². The van der Waals surface area contributed by atoms with Crippen LogP contribution in [-0.2, 0) is 29.7 Å². The Bertz CT molecular complexity index is 3320. The van der Waals surface area contributed by atoms with E-state index in [9.17, 15) is 28.4 Å². The van der Waals surface area contributed by atoms with Crippen molar-refractivity contribution in [2.24, 2.45) is 13.0 Å². The summed E-state index contributed by atoms with van der Waals surface area (Å²) in [6.07, 6.45) is 8.93. The summed E-state index contributed by atoms with van der Waals surface area (Å²) < 4.78 is 53.1. The second-order valence-corrected chi connectivity index (χ2v) is 20.6. The number of carbonyl (C=O) groups is 3. The molecule has 1 aliphatic carbocycles. The van der Waals surface area contributed by atoms with Crippen molar-refractivity contribution in [1.82, 2.24) is 48.2 Å². The van der Waals surface area contributed by atoms with E-state index in [1.165, 1.54) is 29.0 Å². The Morgan fingerprint density at radius 1 is 0.822 bits per heavy atom. The molecule has 4 aromatic heterocycles. The summed E-state index contributed by atoms with van der Waals surface area (Å²) in [5.74, 6) is -2.79. The molecule has 2 N–H and O–H groups in total. The highest BCUT2D eigenvalue weighted by Gasteiger charge is 2.36. The molecule has 3 saturated heterocycles. The van der Waals surface area contributed by atoms with Gasteiger partial charge in [-0.3, -0.25) is 52.9 Å².